The first-order valence-corrected chi connectivity index (χ1v) is 47.3. The fourth-order valence-corrected chi connectivity index (χ4v) is 15.2. The van der Waals surface area contributed by atoms with E-state index in [-0.39, 0.29) is 73.8 Å². The molecule has 0 saturated carbocycles. The summed E-state index contributed by atoms with van der Waals surface area (Å²) in [5.41, 5.74) is 7.01. The molecular weight excluding hydrogens is 1650 g/mol. The summed E-state index contributed by atoms with van der Waals surface area (Å²) >= 11 is 27.0. The van der Waals surface area contributed by atoms with Crippen LogP contribution < -0.4 is 25.3 Å². The van der Waals surface area contributed by atoms with E-state index in [4.69, 9.17) is 77.5 Å². The van der Waals surface area contributed by atoms with Gasteiger partial charge in [-0.3, -0.25) is 39.3 Å². The van der Waals surface area contributed by atoms with Crippen LogP contribution in [0.2, 0.25) is 32.4 Å². The quantitative estimate of drug-likeness (QED) is 0.0229. The first-order chi connectivity index (χ1) is 58.4. The molecule has 5 heterocycles. The molecule has 5 amide bonds. The van der Waals surface area contributed by atoms with Crippen LogP contribution in [0.1, 0.15) is 113 Å². The highest BCUT2D eigenvalue weighted by molar-refractivity contribution is 6.54. The zero-order valence-corrected chi connectivity index (χ0v) is 77.0. The number of alkyl halides is 2. The number of rotatable bonds is 19. The number of hydrogen-bond donors (Lipinski definition) is 3. The number of carbonyl (C=O) groups excluding carboxylic acids is 6. The summed E-state index contributed by atoms with van der Waals surface area (Å²) in [7, 11) is 5.27. The lowest BCUT2D eigenvalue weighted by atomic mass is 9.79. The lowest BCUT2D eigenvalue weighted by Gasteiger charge is -2.50. The van der Waals surface area contributed by atoms with Gasteiger partial charge < -0.3 is 49.2 Å². The summed E-state index contributed by atoms with van der Waals surface area (Å²) in [5, 5.41) is 19.2. The number of amides is 5. The summed E-state index contributed by atoms with van der Waals surface area (Å²) in [4.78, 5) is 96.0. The molecule has 0 spiro atoms. The van der Waals surface area contributed by atoms with Crippen LogP contribution in [0.4, 0.5) is 17.1 Å². The number of carbonyl (C=O) groups is 5. The van der Waals surface area contributed by atoms with Gasteiger partial charge in [0, 0.05) is 129 Å². The van der Waals surface area contributed by atoms with E-state index >= 15 is 0 Å². The third-order valence-corrected chi connectivity index (χ3v) is 23.1. The van der Waals surface area contributed by atoms with Gasteiger partial charge >= 0.3 is 5.97 Å². The number of anilines is 3. The molecule has 24 heteroatoms. The third-order valence-electron chi connectivity index (χ3n) is 21.8. The summed E-state index contributed by atoms with van der Waals surface area (Å²) in [6.45, 7) is 14.4. The maximum atomic E-state index is 14.3. The number of aliphatic imine (C=N–C) groups is 2. The molecule has 5 saturated heterocycles. The SMILES string of the molecule is CC1(C)COC(=[OH+])[C@H]1N=C(c1ccccc1)c1ccccc1.CN(C(=O)[C@@H]1CCCN1)c1ccc(Cl)cc1.CN(C(=O)[C@@H]1CCCN1C(=O)[C@@H](N=C(c1ccccc1)c1ccccc1)C(C)(C)CO)c1ccc([ClH+])cc1.CN(C(=O)[C@@H]1CCCN1C(=O)[C@H]1NC(c2ccccc2)(c2ccccc2)OCC1(C)C)c1ccc(Cl)cc1.ClCCCl.[CH3][Al]([CH3])[CH3]. The van der Waals surface area contributed by atoms with E-state index in [0.29, 0.717) is 71.7 Å². The van der Waals surface area contributed by atoms with Gasteiger partial charge in [0.2, 0.25) is 40.6 Å². The van der Waals surface area contributed by atoms with E-state index < -0.39 is 40.7 Å². The fourth-order valence-electron chi connectivity index (χ4n) is 14.8. The number of nitrogens with zero attached hydrogens (tertiary/aromatic N) is 7. The molecule has 14 rings (SSSR count). The molecule has 0 bridgehead atoms. The first kappa shape index (κ1) is 96.8. The Morgan fingerprint density at radius 2 is 0.934 bits per heavy atom. The van der Waals surface area contributed by atoms with Crippen molar-refractivity contribution in [1.82, 2.24) is 20.4 Å². The van der Waals surface area contributed by atoms with Crippen molar-refractivity contribution in [1.29, 1.82) is 0 Å². The van der Waals surface area contributed by atoms with E-state index in [1.54, 1.807) is 82.0 Å². The molecule has 9 aromatic carbocycles. The minimum absolute atomic E-state index is 0.00867. The van der Waals surface area contributed by atoms with Crippen molar-refractivity contribution in [3.63, 3.8) is 0 Å². The molecule has 0 aliphatic carbocycles. The van der Waals surface area contributed by atoms with Crippen molar-refractivity contribution in [3.8, 4) is 0 Å². The molecule has 5 fully saturated rings. The van der Waals surface area contributed by atoms with E-state index in [1.807, 2.05) is 246 Å². The number of benzene rings is 9. The Bertz CT molecular complexity index is 4760. The molecule has 5 aliphatic heterocycles. The van der Waals surface area contributed by atoms with Crippen LogP contribution in [0.15, 0.2) is 265 Å². The minimum atomic E-state index is -0.988. The van der Waals surface area contributed by atoms with Gasteiger partial charge in [-0.2, -0.15) is 0 Å². The number of aliphatic hydroxyl groups is 1. The highest BCUT2D eigenvalue weighted by Crippen LogP contribution is 2.42. The van der Waals surface area contributed by atoms with Crippen molar-refractivity contribution in [3.05, 3.63) is 303 Å². The van der Waals surface area contributed by atoms with Crippen molar-refractivity contribution < 1.29 is 54.9 Å². The highest BCUT2D eigenvalue weighted by Gasteiger charge is 2.54. The number of hydrogen-bond acceptors (Lipinski definition) is 12. The molecule has 0 radical (unpaired) electrons. The number of likely N-dealkylation sites (tertiary alicyclic amines) is 2. The number of likely N-dealkylation sites (N-methyl/N-ethyl adjacent to an activating group) is 3. The number of esters is 1. The van der Waals surface area contributed by atoms with Crippen LogP contribution in [0.25, 0.3) is 0 Å². The van der Waals surface area contributed by atoms with Gasteiger partial charge in [0.15, 0.2) is 23.9 Å². The van der Waals surface area contributed by atoms with Gasteiger partial charge in [-0.25, -0.2) is 0 Å². The Balaban J connectivity index is 0.000000187. The zero-order valence-electron chi connectivity index (χ0n) is 72.0. The van der Waals surface area contributed by atoms with E-state index in [0.717, 1.165) is 88.4 Å². The van der Waals surface area contributed by atoms with Crippen LogP contribution in [-0.2, 0) is 39.2 Å². The van der Waals surface area contributed by atoms with E-state index in [9.17, 15) is 33.9 Å². The topological polar surface area (TPSA) is 210 Å². The summed E-state index contributed by atoms with van der Waals surface area (Å²) < 4.78 is 11.9. The number of halogens is 5. The van der Waals surface area contributed by atoms with Crippen molar-refractivity contribution in [2.45, 2.75) is 139 Å². The average Bonchev–Trinajstić information content (AvgIpc) is 0.781. The Hall–Kier alpha value is -9.04. The minimum Gasteiger partial charge on any atom is -0.396 e. The number of cyclic esters (lactones) is 1. The van der Waals surface area contributed by atoms with Crippen LogP contribution in [0.3, 0.4) is 0 Å². The van der Waals surface area contributed by atoms with Crippen LogP contribution in [0.5, 0.6) is 0 Å². The van der Waals surface area contributed by atoms with Crippen LogP contribution in [0, 0.1) is 27.8 Å². The van der Waals surface area contributed by atoms with Gasteiger partial charge in [-0.1, -0.05) is 247 Å². The molecule has 6 atom stereocenters. The molecule has 9 aromatic rings. The van der Waals surface area contributed by atoms with Gasteiger partial charge in [-0.15, -0.1) is 40.6 Å². The standard InChI is InChI=1S/C31H34ClN3O3.C31H35ClN3O3.C19H19NO2.C12H15ClN2O.C2H4Cl2.3CH3.Al/c1-30(2)21-38-31(22-11-6-4-7-12-22,23-13-8-5-9-14-23)33-27(30)29(37)35-20-10-15-26(35)28(36)34(3)25-18-16-24(32)17-19-25;1-31(2,21-36)28(33-27(22-11-6-4-7-12-22)23-13-8-5-9-14-23)30(38)35-20-10-15-26(35)29(37)34(3)25-18-16-24(32)17-19-25;1-19(2)13-22-18(21)17(19)20-16(14-9-5-3-6-10-14)15-11-7-4-8-12-15;1-15(10-6-4-9(13)5-7-10)12(16)11-3-2-8-14-11;3-1-2-4;;;;/h4-9,11-14,16-19,26-27,33H,10,15,20-21H2,1-3H3;4-9,11-14,16-19,26,28,32,36H,10,15,20-21H2,1-3H3;3-12,17H,13H2,1-2H3;4-7,11,14H,2-3,8H2,1H3;1-2H2;3*1H3;/q;+1;;;;;;;/p+1/t26-,27+;26-,28+;17-;11-;;;;;/m0010...../s1. The van der Waals surface area contributed by atoms with E-state index in [1.165, 1.54) is 0 Å². The molecule has 4 N–H and O–H groups in total. The molecule has 5 aliphatic rings. The Morgan fingerprint density at radius 3 is 1.32 bits per heavy atom. The monoisotopic (exact) mass is 1770 g/mol. The Morgan fingerprint density at radius 1 is 0.549 bits per heavy atom. The van der Waals surface area contributed by atoms with Gasteiger partial charge in [0.1, 0.15) is 18.1 Å². The summed E-state index contributed by atoms with van der Waals surface area (Å²) in [5.74, 6) is 7.59. The number of aliphatic hydroxyl groups excluding tert-OH is 1. The van der Waals surface area contributed by atoms with Crippen LogP contribution in [-0.4, -0.2) is 189 Å². The van der Waals surface area contributed by atoms with Crippen molar-refractivity contribution in [2.75, 3.05) is 87.1 Å². The van der Waals surface area contributed by atoms with Gasteiger partial charge in [-0.05, 0) is 106 Å². The second-order valence-electron chi connectivity index (χ2n) is 33.5. The highest BCUT2D eigenvalue weighted by atomic mass is 35.5. The average molecular weight is 1770 g/mol. The maximum absolute atomic E-state index is 14.3. The smallest absolute Gasteiger partial charge is 0.396 e. The lowest BCUT2D eigenvalue weighted by molar-refractivity contribution is -0.288. The molecule has 122 heavy (non-hydrogen) atoms. The molecule has 0 aromatic heterocycles. The second kappa shape index (κ2) is 46.1. The summed E-state index contributed by atoms with van der Waals surface area (Å²) in [6, 6.07) is 78.2. The Kier molecular flexibility index (Phi) is 36.6. The van der Waals surface area contributed by atoms with Crippen molar-refractivity contribution >= 4 is 125 Å². The number of ether oxygens (including phenoxy) is 2. The Labute approximate surface area is 750 Å². The normalized spacial score (nSPS) is 18.5. The van der Waals surface area contributed by atoms with Gasteiger partial charge in [0.05, 0.1) is 42.1 Å². The summed E-state index contributed by atoms with van der Waals surface area (Å²) in [6.07, 6.45) is 4.72. The number of nitrogens with one attached hydrogen (secondary N) is 2. The molecular formula is C98H117AlCl5N9O9+2. The predicted octanol–water partition coefficient (Wildman–Crippen LogP) is 17.8. The maximum Gasteiger partial charge on any atom is 0.509 e. The largest absolute Gasteiger partial charge is 0.509 e. The van der Waals surface area contributed by atoms with Gasteiger partial charge in [0.25, 0.3) is 14.1 Å². The molecule has 18 nitrogen and oxygen atoms in total. The second-order valence-corrected chi connectivity index (χ2v) is 39.1. The molecule has 644 valence electrons. The fraction of sp³-hybridized carbons (Fsp3) is 0.367. The zero-order chi connectivity index (χ0) is 88.3. The van der Waals surface area contributed by atoms with Crippen LogP contribution >= 0.6 is 46.4 Å². The molecule has 0 unspecified atom stereocenters. The lowest BCUT2D eigenvalue weighted by Crippen LogP contribution is -2.67. The van der Waals surface area contributed by atoms with E-state index in [2.05, 4.69) is 41.8 Å². The predicted molar refractivity (Wildman–Crippen MR) is 498 cm³/mol. The van der Waals surface area contributed by atoms with Crippen molar-refractivity contribution in [2.24, 2.45) is 26.2 Å². The third kappa shape index (κ3) is 25.8. The first-order valence-electron chi connectivity index (χ1n) is 41.6.